The number of thiazole rings is 1. The van der Waals surface area contributed by atoms with Gasteiger partial charge in [0.15, 0.2) is 5.13 Å². The molecule has 6 heteroatoms. The van der Waals surface area contributed by atoms with Crippen LogP contribution in [0.5, 0.6) is 0 Å². The molecule has 0 aliphatic carbocycles. The number of carbonyl (C=O) groups excluding carboxylic acids is 1. The van der Waals surface area contributed by atoms with Crippen LogP contribution in [0.4, 0.5) is 5.13 Å². The van der Waals surface area contributed by atoms with Crippen molar-refractivity contribution in [2.45, 2.75) is 26.4 Å². The number of anilines is 1. The van der Waals surface area contributed by atoms with Gasteiger partial charge in [-0.2, -0.15) is 0 Å². The second-order valence-corrected chi connectivity index (χ2v) is 7.56. The lowest BCUT2D eigenvalue weighted by Gasteiger charge is -2.51. The molecule has 4 rings (SSSR count). The largest absolute Gasteiger partial charge is 0.391 e. The molecule has 2 saturated heterocycles. The number of amides is 1. The zero-order valence-electron chi connectivity index (χ0n) is 12.7. The fraction of sp³-hybridized carbons (Fsp3) is 0.500. The lowest BCUT2D eigenvalue weighted by atomic mass is 9.72. The fourth-order valence-electron chi connectivity index (χ4n) is 3.46. The molecule has 2 aliphatic heterocycles. The minimum Gasteiger partial charge on any atom is -0.391 e. The Hall–Kier alpha value is -1.66. The molecule has 2 aromatic rings. The maximum atomic E-state index is 12.1. The molecule has 1 aromatic heterocycles. The average Bonchev–Trinajstić information content (AvgIpc) is 2.87. The lowest BCUT2D eigenvalue weighted by molar-refractivity contribution is -0.139. The summed E-state index contributed by atoms with van der Waals surface area (Å²) in [5.74, 6) is 0.0715. The van der Waals surface area contributed by atoms with Crippen LogP contribution in [-0.4, -0.2) is 41.7 Å². The zero-order valence-corrected chi connectivity index (χ0v) is 13.5. The Labute approximate surface area is 133 Å². The second-order valence-electron chi connectivity index (χ2n) is 6.56. The first-order chi connectivity index (χ1) is 10.5. The van der Waals surface area contributed by atoms with E-state index in [1.54, 1.807) is 11.3 Å². The molecular weight excluding hydrogens is 298 g/mol. The van der Waals surface area contributed by atoms with Gasteiger partial charge in [0.25, 0.3) is 0 Å². The van der Waals surface area contributed by atoms with Gasteiger partial charge in [0, 0.05) is 19.6 Å². The number of aliphatic hydroxyl groups is 1. The predicted octanol–water partition coefficient (Wildman–Crippen LogP) is 1.60. The Morgan fingerprint density at radius 2 is 2.18 bits per heavy atom. The number of nitrogens with zero attached hydrogens (tertiary/aromatic N) is 2. The van der Waals surface area contributed by atoms with Crippen molar-refractivity contribution in [1.29, 1.82) is 0 Å². The normalized spacial score (nSPS) is 23.7. The van der Waals surface area contributed by atoms with Crippen LogP contribution >= 0.6 is 11.3 Å². The quantitative estimate of drug-likeness (QED) is 0.838. The molecular formula is C16H19N3O2S. The van der Waals surface area contributed by atoms with Gasteiger partial charge < -0.3 is 15.3 Å². The fourth-order valence-corrected chi connectivity index (χ4v) is 4.48. The molecule has 1 aromatic carbocycles. The van der Waals surface area contributed by atoms with Crippen LogP contribution in [0.2, 0.25) is 0 Å². The van der Waals surface area contributed by atoms with E-state index in [1.165, 1.54) is 15.8 Å². The first-order valence-corrected chi connectivity index (χ1v) is 8.38. The van der Waals surface area contributed by atoms with E-state index in [0.717, 1.165) is 10.6 Å². The maximum Gasteiger partial charge on any atom is 0.230 e. The number of aromatic nitrogens is 1. The molecule has 0 saturated carbocycles. The van der Waals surface area contributed by atoms with Gasteiger partial charge in [0.2, 0.25) is 5.91 Å². The van der Waals surface area contributed by atoms with Gasteiger partial charge in [0.1, 0.15) is 0 Å². The van der Waals surface area contributed by atoms with Crippen molar-refractivity contribution in [1.82, 2.24) is 10.3 Å². The SMILES string of the molecule is Cc1ccc2sc(N3CC4(CC(O)CNC4=O)C3)nc2c1C. The topological polar surface area (TPSA) is 65.5 Å². The number of rotatable bonds is 1. The van der Waals surface area contributed by atoms with Gasteiger partial charge in [-0.25, -0.2) is 4.98 Å². The van der Waals surface area contributed by atoms with Crippen LogP contribution < -0.4 is 10.2 Å². The summed E-state index contributed by atoms with van der Waals surface area (Å²) in [7, 11) is 0. The summed E-state index contributed by atoms with van der Waals surface area (Å²) in [5.41, 5.74) is 3.11. The van der Waals surface area contributed by atoms with Crippen LogP contribution in [0.3, 0.4) is 0 Å². The smallest absolute Gasteiger partial charge is 0.230 e. The maximum absolute atomic E-state index is 12.1. The van der Waals surface area contributed by atoms with Crippen LogP contribution in [0.1, 0.15) is 17.5 Å². The average molecular weight is 317 g/mol. The highest BCUT2D eigenvalue weighted by Gasteiger charge is 2.52. The van der Waals surface area contributed by atoms with Crippen molar-refractivity contribution in [3.8, 4) is 0 Å². The number of β-amino-alcohol motifs (C(OH)–C–C–N with tert-alkyl or cyclic N) is 1. The highest BCUT2D eigenvalue weighted by molar-refractivity contribution is 7.22. The number of hydrogen-bond donors (Lipinski definition) is 2. The number of hydrogen-bond acceptors (Lipinski definition) is 5. The van der Waals surface area contributed by atoms with Crippen LogP contribution in [0.15, 0.2) is 12.1 Å². The summed E-state index contributed by atoms with van der Waals surface area (Å²) in [6.07, 6.45) is 0.123. The molecule has 5 nitrogen and oxygen atoms in total. The van der Waals surface area contributed by atoms with E-state index >= 15 is 0 Å². The molecule has 1 spiro atoms. The molecule has 2 fully saturated rings. The molecule has 3 heterocycles. The molecule has 0 bridgehead atoms. The first-order valence-electron chi connectivity index (χ1n) is 7.57. The number of aryl methyl sites for hydroxylation is 2. The molecule has 0 radical (unpaired) electrons. The minimum atomic E-state index is -0.430. The number of benzene rings is 1. The Balaban J connectivity index is 1.60. The number of piperidine rings is 1. The van der Waals surface area contributed by atoms with Gasteiger partial charge >= 0.3 is 0 Å². The summed E-state index contributed by atoms with van der Waals surface area (Å²) >= 11 is 1.67. The number of carbonyl (C=O) groups is 1. The van der Waals surface area contributed by atoms with Crippen molar-refractivity contribution in [3.05, 3.63) is 23.3 Å². The van der Waals surface area contributed by atoms with Gasteiger partial charge in [-0.15, -0.1) is 0 Å². The molecule has 22 heavy (non-hydrogen) atoms. The minimum absolute atomic E-state index is 0.0715. The standard InChI is InChI=1S/C16H19N3O2S/c1-9-3-4-12-13(10(9)2)18-15(22-12)19-7-16(8-19)5-11(20)6-17-14(16)21/h3-4,11,20H,5-8H2,1-2H3,(H,17,21). The van der Waals surface area contributed by atoms with Gasteiger partial charge in [-0.1, -0.05) is 17.4 Å². The van der Waals surface area contributed by atoms with Crippen LogP contribution in [0.25, 0.3) is 10.2 Å². The van der Waals surface area contributed by atoms with Gasteiger partial charge in [0.05, 0.1) is 21.7 Å². The molecule has 1 unspecified atom stereocenters. The van der Waals surface area contributed by atoms with E-state index in [0.29, 0.717) is 26.1 Å². The van der Waals surface area contributed by atoms with Crippen molar-refractivity contribution in [3.63, 3.8) is 0 Å². The van der Waals surface area contributed by atoms with Crippen molar-refractivity contribution < 1.29 is 9.90 Å². The monoisotopic (exact) mass is 317 g/mol. The van der Waals surface area contributed by atoms with Crippen molar-refractivity contribution >= 4 is 32.6 Å². The Morgan fingerprint density at radius 3 is 2.95 bits per heavy atom. The van der Waals surface area contributed by atoms with E-state index in [4.69, 9.17) is 4.98 Å². The first kappa shape index (κ1) is 14.0. The summed E-state index contributed by atoms with van der Waals surface area (Å²) < 4.78 is 1.19. The van der Waals surface area contributed by atoms with E-state index in [1.807, 2.05) is 0 Å². The third-order valence-electron chi connectivity index (χ3n) is 4.94. The van der Waals surface area contributed by atoms with E-state index in [9.17, 15) is 9.90 Å². The highest BCUT2D eigenvalue weighted by Crippen LogP contribution is 2.42. The molecule has 116 valence electrons. The number of nitrogens with one attached hydrogen (secondary N) is 1. The zero-order chi connectivity index (χ0) is 15.5. The van der Waals surface area contributed by atoms with Gasteiger partial charge in [-0.3, -0.25) is 4.79 Å². The Morgan fingerprint density at radius 1 is 1.41 bits per heavy atom. The summed E-state index contributed by atoms with van der Waals surface area (Å²) in [6, 6.07) is 4.24. The van der Waals surface area contributed by atoms with Crippen LogP contribution in [0, 0.1) is 19.3 Å². The predicted molar refractivity (Wildman–Crippen MR) is 87.4 cm³/mol. The van der Waals surface area contributed by atoms with Crippen LogP contribution in [-0.2, 0) is 4.79 Å². The summed E-state index contributed by atoms with van der Waals surface area (Å²) in [6.45, 7) is 5.87. The molecule has 2 N–H and O–H groups in total. The lowest BCUT2D eigenvalue weighted by Crippen LogP contribution is -2.67. The van der Waals surface area contributed by atoms with E-state index in [2.05, 4.69) is 36.2 Å². The number of aliphatic hydroxyl groups excluding tert-OH is 1. The molecule has 1 amide bonds. The Kier molecular flexibility index (Phi) is 2.96. The summed E-state index contributed by atoms with van der Waals surface area (Å²) in [4.78, 5) is 19.0. The number of fused-ring (bicyclic) bond motifs is 1. The van der Waals surface area contributed by atoms with Crippen molar-refractivity contribution in [2.24, 2.45) is 5.41 Å². The van der Waals surface area contributed by atoms with Gasteiger partial charge in [-0.05, 0) is 37.5 Å². The highest BCUT2D eigenvalue weighted by atomic mass is 32.1. The second kappa shape index (κ2) is 4.67. The van der Waals surface area contributed by atoms with Crippen molar-refractivity contribution in [2.75, 3.05) is 24.5 Å². The summed E-state index contributed by atoms with van der Waals surface area (Å²) in [5, 5.41) is 13.6. The van der Waals surface area contributed by atoms with E-state index < -0.39 is 11.5 Å². The third-order valence-corrected chi connectivity index (χ3v) is 6.02. The molecule has 1 atom stereocenters. The van der Waals surface area contributed by atoms with E-state index in [-0.39, 0.29) is 5.91 Å². The third kappa shape index (κ3) is 1.94. The Bertz CT molecular complexity index is 764. The molecule has 2 aliphatic rings.